The van der Waals surface area contributed by atoms with Crippen LogP contribution in [0, 0.1) is 17.6 Å². The molecular weight excluding hydrogens is 250 g/mol. The van der Waals surface area contributed by atoms with Gasteiger partial charge in [-0.15, -0.1) is 0 Å². The minimum Gasteiger partial charge on any atom is -0.369 e. The van der Waals surface area contributed by atoms with Crippen LogP contribution in [0.2, 0.25) is 0 Å². The van der Waals surface area contributed by atoms with Gasteiger partial charge in [-0.2, -0.15) is 0 Å². The van der Waals surface area contributed by atoms with E-state index in [2.05, 4.69) is 0 Å². The van der Waals surface area contributed by atoms with Crippen LogP contribution >= 0.6 is 0 Å². The summed E-state index contributed by atoms with van der Waals surface area (Å²) in [6.45, 7) is 7.31. The molecular formula is C15H18F2O2. The van der Waals surface area contributed by atoms with E-state index in [4.69, 9.17) is 4.74 Å². The highest BCUT2D eigenvalue weighted by Crippen LogP contribution is 2.43. The third-order valence-electron chi connectivity index (χ3n) is 3.60. The third-order valence-corrected chi connectivity index (χ3v) is 3.60. The maximum Gasteiger partial charge on any atom is 0.174 e. The van der Waals surface area contributed by atoms with Crippen LogP contribution in [-0.4, -0.2) is 17.0 Å². The van der Waals surface area contributed by atoms with Crippen LogP contribution in [0.25, 0.3) is 0 Å². The number of ether oxygens (including phenoxy) is 1. The zero-order valence-electron chi connectivity index (χ0n) is 11.6. The van der Waals surface area contributed by atoms with E-state index in [1.165, 1.54) is 6.07 Å². The van der Waals surface area contributed by atoms with Crippen LogP contribution in [0.1, 0.15) is 44.5 Å². The Bertz CT molecular complexity index is 501. The average molecular weight is 268 g/mol. The molecule has 0 saturated carbocycles. The number of Topliss-reactive ketones (excluding diaryl/α,β-unsaturated/α-hetero) is 1. The van der Waals surface area contributed by atoms with Gasteiger partial charge in [-0.1, -0.05) is 6.07 Å². The van der Waals surface area contributed by atoms with Crippen molar-refractivity contribution in [2.24, 2.45) is 5.92 Å². The highest BCUT2D eigenvalue weighted by atomic mass is 19.1. The summed E-state index contributed by atoms with van der Waals surface area (Å²) in [6, 6.07) is 3.45. The van der Waals surface area contributed by atoms with Crippen molar-refractivity contribution in [3.8, 4) is 0 Å². The van der Waals surface area contributed by atoms with Gasteiger partial charge >= 0.3 is 0 Å². The van der Waals surface area contributed by atoms with E-state index >= 15 is 0 Å². The minimum absolute atomic E-state index is 0.451. The second kappa shape index (κ2) is 4.37. The van der Waals surface area contributed by atoms with Gasteiger partial charge in [0.25, 0.3) is 0 Å². The highest BCUT2D eigenvalue weighted by Gasteiger charge is 2.50. The molecule has 1 heterocycles. The molecule has 1 aliphatic heterocycles. The predicted molar refractivity (Wildman–Crippen MR) is 68.0 cm³/mol. The average Bonchev–Trinajstić information content (AvgIpc) is 2.46. The molecule has 1 atom stereocenters. The van der Waals surface area contributed by atoms with Crippen LogP contribution in [0.15, 0.2) is 18.2 Å². The summed E-state index contributed by atoms with van der Waals surface area (Å²) in [5.74, 6) is -2.70. The Morgan fingerprint density at radius 2 is 1.74 bits per heavy atom. The summed E-state index contributed by atoms with van der Waals surface area (Å²) in [4.78, 5) is 12.4. The molecule has 0 N–H and O–H groups in total. The summed E-state index contributed by atoms with van der Waals surface area (Å²) in [5.41, 5.74) is -1.65. The number of hydrogen-bond acceptors (Lipinski definition) is 2. The van der Waals surface area contributed by atoms with E-state index < -0.39 is 40.1 Å². The van der Waals surface area contributed by atoms with Crippen molar-refractivity contribution >= 4 is 5.78 Å². The second-order valence-electron chi connectivity index (χ2n) is 6.18. The number of rotatable bonds is 2. The lowest BCUT2D eigenvalue weighted by atomic mass is 9.81. The Balaban J connectivity index is 2.40. The van der Waals surface area contributed by atoms with Crippen molar-refractivity contribution in [1.29, 1.82) is 0 Å². The number of hydrogen-bond donors (Lipinski definition) is 0. The van der Waals surface area contributed by atoms with Gasteiger partial charge in [0.05, 0.1) is 22.7 Å². The van der Waals surface area contributed by atoms with E-state index in [9.17, 15) is 13.6 Å². The summed E-state index contributed by atoms with van der Waals surface area (Å²) in [5, 5.41) is 0. The lowest BCUT2D eigenvalue weighted by molar-refractivity contribution is -0.0712. The molecule has 104 valence electrons. The van der Waals surface area contributed by atoms with Crippen molar-refractivity contribution < 1.29 is 18.3 Å². The van der Waals surface area contributed by atoms with Gasteiger partial charge in [0.1, 0.15) is 11.6 Å². The zero-order chi connectivity index (χ0) is 14.4. The number of benzene rings is 1. The molecule has 2 nitrogen and oxygen atoms in total. The number of carbonyl (C=O) groups excluding carboxylic acids is 1. The summed E-state index contributed by atoms with van der Waals surface area (Å²) < 4.78 is 33.2. The molecule has 0 bridgehead atoms. The van der Waals surface area contributed by atoms with Crippen LogP contribution in [0.5, 0.6) is 0 Å². The van der Waals surface area contributed by atoms with Gasteiger partial charge in [0.2, 0.25) is 0 Å². The van der Waals surface area contributed by atoms with Crippen LogP contribution in [-0.2, 0) is 4.74 Å². The van der Waals surface area contributed by atoms with Crippen molar-refractivity contribution in [2.75, 3.05) is 0 Å². The first-order valence-corrected chi connectivity index (χ1v) is 6.32. The fourth-order valence-electron chi connectivity index (χ4n) is 2.88. The molecule has 1 saturated heterocycles. The Morgan fingerprint density at radius 3 is 2.16 bits per heavy atom. The van der Waals surface area contributed by atoms with E-state index in [-0.39, 0.29) is 0 Å². The lowest BCUT2D eigenvalue weighted by Gasteiger charge is -2.26. The molecule has 1 fully saturated rings. The SMILES string of the molecule is CC1(C)CC(C(=O)c2c(F)cccc2F)C(C)(C)O1. The molecule has 0 aliphatic carbocycles. The van der Waals surface area contributed by atoms with Gasteiger partial charge in [0.15, 0.2) is 5.78 Å². The van der Waals surface area contributed by atoms with E-state index in [1.54, 1.807) is 13.8 Å². The fraction of sp³-hybridized carbons (Fsp3) is 0.533. The van der Waals surface area contributed by atoms with Gasteiger partial charge in [-0.3, -0.25) is 4.79 Å². The summed E-state index contributed by atoms with van der Waals surface area (Å²) in [6.07, 6.45) is 0.451. The normalized spacial score (nSPS) is 24.4. The molecule has 0 amide bonds. The smallest absolute Gasteiger partial charge is 0.174 e. The number of carbonyl (C=O) groups is 1. The molecule has 19 heavy (non-hydrogen) atoms. The third kappa shape index (κ3) is 2.54. The maximum atomic E-state index is 13.7. The molecule has 4 heteroatoms. The molecule has 2 rings (SSSR count). The van der Waals surface area contributed by atoms with Gasteiger partial charge in [-0.25, -0.2) is 8.78 Å². The lowest BCUT2D eigenvalue weighted by Crippen LogP contribution is -2.34. The highest BCUT2D eigenvalue weighted by molar-refractivity contribution is 5.99. The number of halogens is 2. The molecule has 0 aromatic heterocycles. The van der Waals surface area contributed by atoms with Gasteiger partial charge in [-0.05, 0) is 46.2 Å². The quantitative estimate of drug-likeness (QED) is 0.764. The molecule has 1 aromatic rings. The second-order valence-corrected chi connectivity index (χ2v) is 6.18. The minimum atomic E-state index is -0.814. The number of ketones is 1. The summed E-state index contributed by atoms with van der Waals surface area (Å²) in [7, 11) is 0. The first-order valence-electron chi connectivity index (χ1n) is 6.32. The summed E-state index contributed by atoms with van der Waals surface area (Å²) >= 11 is 0. The molecule has 0 spiro atoms. The van der Waals surface area contributed by atoms with Gasteiger partial charge in [0, 0.05) is 0 Å². The monoisotopic (exact) mass is 268 g/mol. The predicted octanol–water partition coefficient (Wildman–Crippen LogP) is 3.74. The maximum absolute atomic E-state index is 13.7. The van der Waals surface area contributed by atoms with Crippen molar-refractivity contribution in [3.63, 3.8) is 0 Å². The van der Waals surface area contributed by atoms with E-state index in [0.29, 0.717) is 6.42 Å². The van der Waals surface area contributed by atoms with Crippen molar-refractivity contribution in [1.82, 2.24) is 0 Å². The zero-order valence-corrected chi connectivity index (χ0v) is 11.6. The first kappa shape index (κ1) is 14.1. The standard InChI is InChI=1S/C15H18F2O2/c1-14(2)8-9(15(3,4)19-14)13(18)12-10(16)6-5-7-11(12)17/h5-7,9H,8H2,1-4H3. The Kier molecular flexibility index (Phi) is 3.25. The van der Waals surface area contributed by atoms with Crippen LogP contribution in [0.4, 0.5) is 8.78 Å². The molecule has 0 radical (unpaired) electrons. The Hall–Kier alpha value is -1.29. The largest absolute Gasteiger partial charge is 0.369 e. The Labute approximate surface area is 111 Å². The fourth-order valence-corrected chi connectivity index (χ4v) is 2.88. The van der Waals surface area contributed by atoms with E-state index in [0.717, 1.165) is 12.1 Å². The first-order chi connectivity index (χ1) is 8.64. The van der Waals surface area contributed by atoms with Crippen LogP contribution < -0.4 is 0 Å². The van der Waals surface area contributed by atoms with Crippen molar-refractivity contribution in [2.45, 2.75) is 45.3 Å². The molecule has 1 aromatic carbocycles. The van der Waals surface area contributed by atoms with Crippen molar-refractivity contribution in [3.05, 3.63) is 35.4 Å². The van der Waals surface area contributed by atoms with Gasteiger partial charge < -0.3 is 4.74 Å². The topological polar surface area (TPSA) is 26.3 Å². The molecule has 1 unspecified atom stereocenters. The Morgan fingerprint density at radius 1 is 1.21 bits per heavy atom. The molecule has 1 aliphatic rings. The van der Waals surface area contributed by atoms with E-state index in [1.807, 2.05) is 13.8 Å². The van der Waals surface area contributed by atoms with Crippen LogP contribution in [0.3, 0.4) is 0 Å².